The van der Waals surface area contributed by atoms with E-state index in [1.54, 1.807) is 43.3 Å². The van der Waals surface area contributed by atoms with Gasteiger partial charge in [0.05, 0.1) is 30.7 Å². The molecule has 3 N–H and O–H groups in total. The van der Waals surface area contributed by atoms with Crippen molar-refractivity contribution >= 4 is 33.2 Å². The van der Waals surface area contributed by atoms with Crippen LogP contribution in [0.1, 0.15) is 28.3 Å². The molecule has 0 bridgehead atoms. The van der Waals surface area contributed by atoms with Crippen LogP contribution in [0, 0.1) is 13.8 Å². The van der Waals surface area contributed by atoms with Gasteiger partial charge in [-0.3, -0.25) is 14.5 Å². The molecule has 9 nitrogen and oxygen atoms in total. The average molecular weight is 523 g/mol. The van der Waals surface area contributed by atoms with Crippen LogP contribution in [0.15, 0.2) is 71.1 Å². The molecule has 1 aliphatic rings. The number of nitrogens with two attached hydrogens (primary N) is 1. The fraction of sp³-hybridized carbons (Fsp3) is 0.185. The molecule has 1 fully saturated rings. The molecule has 10 heteroatoms. The SMILES string of the molecule is COc1ccc(C2/C(=C(\O)c3cc(C)c(OC)cc3C)C(=O)C(=O)N2c2ccc(S(N)(=O)=O)cc2)cc1. The topological polar surface area (TPSA) is 136 Å². The first kappa shape index (κ1) is 25.9. The van der Waals surface area contributed by atoms with Crippen LogP contribution in [0.25, 0.3) is 5.76 Å². The predicted octanol–water partition coefficient (Wildman–Crippen LogP) is 3.59. The maximum atomic E-state index is 13.4. The Hall–Kier alpha value is -4.15. The molecule has 1 atom stereocenters. The number of Topliss-reactive ketones (excluding diaryl/α,β-unsaturated/α-hetero) is 1. The number of anilines is 1. The Morgan fingerprint density at radius 3 is 2.08 bits per heavy atom. The number of aryl methyl sites for hydroxylation is 2. The number of benzene rings is 3. The minimum absolute atomic E-state index is 0.0987. The van der Waals surface area contributed by atoms with Crippen molar-refractivity contribution in [1.29, 1.82) is 0 Å². The second-order valence-corrected chi connectivity index (χ2v) is 10.2. The number of hydrogen-bond acceptors (Lipinski definition) is 7. The smallest absolute Gasteiger partial charge is 0.300 e. The summed E-state index contributed by atoms with van der Waals surface area (Å²) in [6.45, 7) is 3.57. The molecule has 4 rings (SSSR count). The molecule has 0 aromatic heterocycles. The van der Waals surface area contributed by atoms with Crippen molar-refractivity contribution in [3.8, 4) is 11.5 Å². The van der Waals surface area contributed by atoms with Crippen LogP contribution in [-0.2, 0) is 19.6 Å². The van der Waals surface area contributed by atoms with Gasteiger partial charge in [-0.1, -0.05) is 12.1 Å². The third-order valence-corrected chi connectivity index (χ3v) is 7.25. The molecule has 1 heterocycles. The highest BCUT2D eigenvalue weighted by Crippen LogP contribution is 2.43. The lowest BCUT2D eigenvalue weighted by Gasteiger charge is -2.26. The molecule has 1 aliphatic heterocycles. The van der Waals surface area contributed by atoms with Crippen molar-refractivity contribution in [2.45, 2.75) is 24.8 Å². The Kier molecular flexibility index (Phi) is 6.81. The Balaban J connectivity index is 1.95. The quantitative estimate of drug-likeness (QED) is 0.287. The Morgan fingerprint density at radius 2 is 1.54 bits per heavy atom. The second kappa shape index (κ2) is 9.72. The van der Waals surface area contributed by atoms with Gasteiger partial charge in [-0.15, -0.1) is 0 Å². The van der Waals surface area contributed by atoms with Gasteiger partial charge < -0.3 is 14.6 Å². The number of methoxy groups -OCH3 is 2. The van der Waals surface area contributed by atoms with Crippen LogP contribution in [0.2, 0.25) is 0 Å². The van der Waals surface area contributed by atoms with E-state index in [9.17, 15) is 23.1 Å². The monoisotopic (exact) mass is 522 g/mol. The summed E-state index contributed by atoms with van der Waals surface area (Å²) in [5.41, 5.74) is 2.48. The first-order chi connectivity index (χ1) is 17.5. The molecule has 0 saturated carbocycles. The van der Waals surface area contributed by atoms with Crippen LogP contribution >= 0.6 is 0 Å². The third-order valence-electron chi connectivity index (χ3n) is 6.32. The molecular formula is C27H26N2O7S. The minimum atomic E-state index is -3.96. The number of primary sulfonamides is 1. The van der Waals surface area contributed by atoms with Gasteiger partial charge in [-0.25, -0.2) is 13.6 Å². The highest BCUT2D eigenvalue weighted by Gasteiger charge is 2.47. The number of ether oxygens (including phenoxy) is 2. The van der Waals surface area contributed by atoms with Gasteiger partial charge in [0.1, 0.15) is 17.3 Å². The van der Waals surface area contributed by atoms with Gasteiger partial charge in [0, 0.05) is 11.3 Å². The summed E-state index contributed by atoms with van der Waals surface area (Å²) in [5.74, 6) is -0.877. The van der Waals surface area contributed by atoms with E-state index in [4.69, 9.17) is 14.6 Å². The van der Waals surface area contributed by atoms with Gasteiger partial charge in [0.25, 0.3) is 11.7 Å². The van der Waals surface area contributed by atoms with Crippen LogP contribution in [-0.4, -0.2) is 39.4 Å². The third kappa shape index (κ3) is 4.68. The van der Waals surface area contributed by atoms with Gasteiger partial charge in [0.2, 0.25) is 10.0 Å². The van der Waals surface area contributed by atoms with Crippen LogP contribution < -0.4 is 19.5 Å². The summed E-state index contributed by atoms with van der Waals surface area (Å²) in [6.07, 6.45) is 0. The molecule has 192 valence electrons. The molecule has 3 aromatic rings. The Bertz CT molecular complexity index is 1530. The summed E-state index contributed by atoms with van der Waals surface area (Å²) < 4.78 is 34.0. The molecule has 0 spiro atoms. The number of rotatable bonds is 6. The zero-order chi connectivity index (χ0) is 27.1. The van der Waals surface area contributed by atoms with Crippen LogP contribution in [0.3, 0.4) is 0 Å². The molecule has 37 heavy (non-hydrogen) atoms. The number of aliphatic hydroxyl groups is 1. The summed E-state index contributed by atoms with van der Waals surface area (Å²) in [6, 6.07) is 14.5. The van der Waals surface area contributed by atoms with E-state index < -0.39 is 27.8 Å². The molecule has 0 radical (unpaired) electrons. The normalized spacial score (nSPS) is 17.2. The number of aliphatic hydroxyl groups excluding tert-OH is 1. The van der Waals surface area contributed by atoms with Crippen molar-refractivity contribution in [2.24, 2.45) is 5.14 Å². The lowest BCUT2D eigenvalue weighted by Crippen LogP contribution is -2.29. The van der Waals surface area contributed by atoms with E-state index in [0.29, 0.717) is 28.2 Å². The van der Waals surface area contributed by atoms with Crippen molar-refractivity contribution in [1.82, 2.24) is 0 Å². The zero-order valence-electron chi connectivity index (χ0n) is 20.7. The minimum Gasteiger partial charge on any atom is -0.507 e. The number of sulfonamides is 1. The molecule has 3 aromatic carbocycles. The molecule has 0 aliphatic carbocycles. The van der Waals surface area contributed by atoms with Crippen molar-refractivity contribution in [2.75, 3.05) is 19.1 Å². The number of nitrogens with zero attached hydrogens (tertiary/aromatic N) is 1. The molecule has 1 unspecified atom stereocenters. The number of carbonyl (C=O) groups excluding carboxylic acids is 2. The average Bonchev–Trinajstić information content (AvgIpc) is 3.14. The lowest BCUT2D eigenvalue weighted by atomic mass is 9.93. The fourth-order valence-corrected chi connectivity index (χ4v) is 4.92. The van der Waals surface area contributed by atoms with Crippen LogP contribution in [0.4, 0.5) is 5.69 Å². The molecule has 1 saturated heterocycles. The van der Waals surface area contributed by atoms with Gasteiger partial charge in [0.15, 0.2) is 0 Å². The van der Waals surface area contributed by atoms with Crippen molar-refractivity contribution in [3.05, 3.63) is 88.5 Å². The van der Waals surface area contributed by atoms with E-state index >= 15 is 0 Å². The van der Waals surface area contributed by atoms with Crippen molar-refractivity contribution in [3.63, 3.8) is 0 Å². The predicted molar refractivity (Wildman–Crippen MR) is 138 cm³/mol. The Morgan fingerprint density at radius 1 is 0.919 bits per heavy atom. The van der Waals surface area contributed by atoms with E-state index in [-0.39, 0.29) is 21.9 Å². The maximum absolute atomic E-state index is 13.4. The highest BCUT2D eigenvalue weighted by atomic mass is 32.2. The first-order valence-electron chi connectivity index (χ1n) is 11.2. The maximum Gasteiger partial charge on any atom is 0.300 e. The van der Waals surface area contributed by atoms with Gasteiger partial charge >= 0.3 is 0 Å². The van der Waals surface area contributed by atoms with Crippen LogP contribution in [0.5, 0.6) is 11.5 Å². The summed E-state index contributed by atoms with van der Waals surface area (Å²) >= 11 is 0. The second-order valence-electron chi connectivity index (χ2n) is 8.62. The number of ketones is 1. The largest absolute Gasteiger partial charge is 0.507 e. The fourth-order valence-electron chi connectivity index (χ4n) is 4.41. The number of amides is 1. The number of hydrogen-bond donors (Lipinski definition) is 2. The number of carbonyl (C=O) groups is 2. The van der Waals surface area contributed by atoms with Gasteiger partial charge in [-0.2, -0.15) is 0 Å². The molecule has 1 amide bonds. The lowest BCUT2D eigenvalue weighted by molar-refractivity contribution is -0.132. The summed E-state index contributed by atoms with van der Waals surface area (Å²) in [5, 5.41) is 16.6. The van der Waals surface area contributed by atoms with Crippen molar-refractivity contribution < 1.29 is 32.6 Å². The standard InChI is InChI=1S/C27H26N2O7S/c1-15-14-22(36-4)16(2)13-21(15)25(30)23-24(17-5-9-19(35-3)10-6-17)29(27(32)26(23)31)18-7-11-20(12-8-18)37(28,33)34/h5-14,24,30H,1-4H3,(H2,28,33,34)/b25-23+. The van der Waals surface area contributed by atoms with Gasteiger partial charge in [-0.05, 0) is 79.1 Å². The first-order valence-corrected chi connectivity index (χ1v) is 12.8. The zero-order valence-corrected chi connectivity index (χ0v) is 21.5. The van der Waals surface area contributed by atoms with E-state index in [2.05, 4.69) is 0 Å². The summed E-state index contributed by atoms with van der Waals surface area (Å²) in [4.78, 5) is 27.8. The molecular weight excluding hydrogens is 496 g/mol. The van der Waals surface area contributed by atoms with E-state index in [0.717, 1.165) is 5.56 Å². The van der Waals surface area contributed by atoms with E-state index in [1.165, 1.54) is 43.4 Å². The van der Waals surface area contributed by atoms with E-state index in [1.807, 2.05) is 6.92 Å². The highest BCUT2D eigenvalue weighted by molar-refractivity contribution is 7.89. The summed E-state index contributed by atoms with van der Waals surface area (Å²) in [7, 11) is -0.903. The Labute approximate surface area is 214 Å².